The van der Waals surface area contributed by atoms with E-state index < -0.39 is 0 Å². The summed E-state index contributed by atoms with van der Waals surface area (Å²) in [7, 11) is 0. The maximum Gasteiger partial charge on any atom is 0.316 e. The molecule has 0 aliphatic heterocycles. The lowest BCUT2D eigenvalue weighted by Crippen LogP contribution is -2.06. The van der Waals surface area contributed by atoms with Gasteiger partial charge in [0.1, 0.15) is 5.75 Å². The topological polar surface area (TPSA) is 61.5 Å². The minimum Gasteiger partial charge on any atom is -0.491 e. The highest BCUT2D eigenvalue weighted by molar-refractivity contribution is 8.00. The largest absolute Gasteiger partial charge is 0.491 e. The number of benzene rings is 1. The molecule has 1 aromatic carbocycles. The van der Waals surface area contributed by atoms with Crippen molar-refractivity contribution in [3.63, 3.8) is 0 Å². The third-order valence-electron chi connectivity index (χ3n) is 2.11. The summed E-state index contributed by atoms with van der Waals surface area (Å²) < 4.78 is 10.4. The van der Waals surface area contributed by atoms with Crippen LogP contribution in [-0.2, 0) is 9.53 Å². The summed E-state index contributed by atoms with van der Waals surface area (Å²) in [5.74, 6) is 0.756. The third kappa shape index (κ3) is 4.87. The van der Waals surface area contributed by atoms with Crippen LogP contribution in [0.5, 0.6) is 5.75 Å². The van der Waals surface area contributed by atoms with Crippen molar-refractivity contribution in [3.05, 3.63) is 18.2 Å². The number of esters is 1. The van der Waals surface area contributed by atoms with E-state index in [2.05, 4.69) is 0 Å². The molecule has 18 heavy (non-hydrogen) atoms. The van der Waals surface area contributed by atoms with E-state index in [1.807, 2.05) is 19.1 Å². The number of nitrogen functional groups attached to an aromatic ring is 1. The van der Waals surface area contributed by atoms with Crippen LogP contribution in [0.2, 0.25) is 0 Å². The molecular formula is C13H19NO3S. The normalized spacial score (nSPS) is 10.1. The molecule has 5 heteroatoms. The van der Waals surface area contributed by atoms with Crippen LogP contribution in [0.15, 0.2) is 23.1 Å². The zero-order valence-electron chi connectivity index (χ0n) is 10.8. The second kappa shape index (κ2) is 7.87. The standard InChI is InChI=1S/C13H19NO3S/c1-3-7-17-12-8-10(5-6-11(12)14)18-9-13(15)16-4-2/h5-6,8H,3-4,7,9,14H2,1-2H3. The monoisotopic (exact) mass is 269 g/mol. The maximum absolute atomic E-state index is 11.2. The SMILES string of the molecule is CCCOc1cc(SCC(=O)OCC)ccc1N. The molecule has 4 nitrogen and oxygen atoms in total. The maximum atomic E-state index is 11.2. The number of ether oxygens (including phenoxy) is 2. The number of hydrogen-bond acceptors (Lipinski definition) is 5. The number of thioether (sulfide) groups is 1. The lowest BCUT2D eigenvalue weighted by molar-refractivity contribution is -0.139. The van der Waals surface area contributed by atoms with Crippen molar-refractivity contribution >= 4 is 23.4 Å². The molecule has 0 unspecified atom stereocenters. The summed E-state index contributed by atoms with van der Waals surface area (Å²) in [4.78, 5) is 12.2. The zero-order valence-corrected chi connectivity index (χ0v) is 11.6. The summed E-state index contributed by atoms with van der Waals surface area (Å²) in [6.07, 6.45) is 0.930. The van der Waals surface area contributed by atoms with Gasteiger partial charge < -0.3 is 15.2 Å². The molecule has 0 heterocycles. The average Bonchev–Trinajstić information content (AvgIpc) is 2.36. The lowest BCUT2D eigenvalue weighted by atomic mass is 10.3. The van der Waals surface area contributed by atoms with Crippen molar-refractivity contribution in [1.29, 1.82) is 0 Å². The zero-order chi connectivity index (χ0) is 13.4. The fourth-order valence-electron chi connectivity index (χ4n) is 1.29. The Morgan fingerprint density at radius 3 is 2.83 bits per heavy atom. The molecule has 0 aromatic heterocycles. The summed E-state index contributed by atoms with van der Waals surface area (Å²) in [5.41, 5.74) is 6.42. The molecule has 0 aliphatic rings. The van der Waals surface area contributed by atoms with Gasteiger partial charge in [-0.1, -0.05) is 6.92 Å². The molecular weight excluding hydrogens is 250 g/mol. The number of nitrogens with two attached hydrogens (primary N) is 1. The van der Waals surface area contributed by atoms with Crippen molar-refractivity contribution in [3.8, 4) is 5.75 Å². The van der Waals surface area contributed by atoms with E-state index in [4.69, 9.17) is 15.2 Å². The van der Waals surface area contributed by atoms with Gasteiger partial charge in [0.25, 0.3) is 0 Å². The number of rotatable bonds is 7. The Labute approximate surface area is 112 Å². The molecule has 0 radical (unpaired) electrons. The quantitative estimate of drug-likeness (QED) is 0.468. The van der Waals surface area contributed by atoms with Crippen LogP contribution in [0, 0.1) is 0 Å². The fraction of sp³-hybridized carbons (Fsp3) is 0.462. The van der Waals surface area contributed by atoms with Gasteiger partial charge in [-0.25, -0.2) is 0 Å². The van der Waals surface area contributed by atoms with Gasteiger partial charge in [0, 0.05) is 4.90 Å². The number of carbonyl (C=O) groups is 1. The van der Waals surface area contributed by atoms with E-state index in [-0.39, 0.29) is 5.97 Å². The average molecular weight is 269 g/mol. The Hall–Kier alpha value is -1.36. The molecule has 1 aromatic rings. The van der Waals surface area contributed by atoms with Crippen LogP contribution in [0.4, 0.5) is 5.69 Å². The van der Waals surface area contributed by atoms with Crippen molar-refractivity contribution < 1.29 is 14.3 Å². The highest BCUT2D eigenvalue weighted by Crippen LogP contribution is 2.28. The van der Waals surface area contributed by atoms with Gasteiger partial charge in [-0.2, -0.15) is 0 Å². The highest BCUT2D eigenvalue weighted by Gasteiger charge is 2.06. The van der Waals surface area contributed by atoms with Gasteiger partial charge >= 0.3 is 5.97 Å². The van der Waals surface area contributed by atoms with E-state index >= 15 is 0 Å². The molecule has 0 bridgehead atoms. The Kier molecular flexibility index (Phi) is 6.43. The fourth-order valence-corrected chi connectivity index (χ4v) is 2.01. The summed E-state index contributed by atoms with van der Waals surface area (Å²) in [5, 5.41) is 0. The highest BCUT2D eigenvalue weighted by atomic mass is 32.2. The Bertz CT molecular complexity index is 396. The molecule has 0 atom stereocenters. The first-order chi connectivity index (χ1) is 8.67. The predicted molar refractivity (Wildman–Crippen MR) is 74.0 cm³/mol. The third-order valence-corrected chi connectivity index (χ3v) is 3.08. The second-order valence-electron chi connectivity index (χ2n) is 3.64. The molecule has 0 saturated carbocycles. The first kappa shape index (κ1) is 14.7. The summed E-state index contributed by atoms with van der Waals surface area (Å²) >= 11 is 1.41. The van der Waals surface area contributed by atoms with Crippen LogP contribution in [0.1, 0.15) is 20.3 Å². The van der Waals surface area contributed by atoms with E-state index in [9.17, 15) is 4.79 Å². The summed E-state index contributed by atoms with van der Waals surface area (Å²) in [6.45, 7) is 4.88. The molecule has 2 N–H and O–H groups in total. The van der Waals surface area contributed by atoms with E-state index in [0.29, 0.717) is 30.4 Å². The van der Waals surface area contributed by atoms with Crippen molar-refractivity contribution in [2.24, 2.45) is 0 Å². The Morgan fingerprint density at radius 2 is 2.17 bits per heavy atom. The van der Waals surface area contributed by atoms with Gasteiger partial charge in [0.2, 0.25) is 0 Å². The minimum atomic E-state index is -0.213. The summed E-state index contributed by atoms with van der Waals surface area (Å²) in [6, 6.07) is 5.52. The first-order valence-corrected chi connectivity index (χ1v) is 6.96. The van der Waals surface area contributed by atoms with Gasteiger partial charge in [-0.15, -0.1) is 11.8 Å². The van der Waals surface area contributed by atoms with Crippen LogP contribution >= 0.6 is 11.8 Å². The van der Waals surface area contributed by atoms with E-state index in [0.717, 1.165) is 11.3 Å². The number of carbonyl (C=O) groups excluding carboxylic acids is 1. The minimum absolute atomic E-state index is 0.213. The van der Waals surface area contributed by atoms with E-state index in [1.165, 1.54) is 11.8 Å². The molecule has 0 saturated heterocycles. The van der Waals surface area contributed by atoms with Crippen molar-refractivity contribution in [1.82, 2.24) is 0 Å². The van der Waals surface area contributed by atoms with Gasteiger partial charge in [-0.3, -0.25) is 4.79 Å². The van der Waals surface area contributed by atoms with Crippen LogP contribution in [-0.4, -0.2) is 24.9 Å². The first-order valence-electron chi connectivity index (χ1n) is 5.98. The molecule has 0 spiro atoms. The van der Waals surface area contributed by atoms with Gasteiger partial charge in [0.15, 0.2) is 0 Å². The second-order valence-corrected chi connectivity index (χ2v) is 4.69. The number of hydrogen-bond donors (Lipinski definition) is 1. The molecule has 0 aliphatic carbocycles. The van der Waals surface area contributed by atoms with Gasteiger partial charge in [-0.05, 0) is 31.5 Å². The van der Waals surface area contributed by atoms with Crippen molar-refractivity contribution in [2.75, 3.05) is 24.7 Å². The molecule has 100 valence electrons. The van der Waals surface area contributed by atoms with Gasteiger partial charge in [0.05, 0.1) is 24.7 Å². The number of anilines is 1. The van der Waals surface area contributed by atoms with Crippen LogP contribution in [0.3, 0.4) is 0 Å². The smallest absolute Gasteiger partial charge is 0.316 e. The van der Waals surface area contributed by atoms with Crippen molar-refractivity contribution in [2.45, 2.75) is 25.2 Å². The van der Waals surface area contributed by atoms with Crippen LogP contribution in [0.25, 0.3) is 0 Å². The molecule has 0 amide bonds. The van der Waals surface area contributed by atoms with Crippen LogP contribution < -0.4 is 10.5 Å². The molecule has 0 fully saturated rings. The van der Waals surface area contributed by atoms with E-state index in [1.54, 1.807) is 13.0 Å². The Balaban J connectivity index is 2.58. The predicted octanol–water partition coefficient (Wildman–Crippen LogP) is 2.71. The molecule has 1 rings (SSSR count). The lowest BCUT2D eigenvalue weighted by Gasteiger charge is -2.09. The Morgan fingerprint density at radius 1 is 1.39 bits per heavy atom.